The Kier molecular flexibility index (Phi) is 10.9. The third-order valence-electron chi connectivity index (χ3n) is 11.2. The average Bonchev–Trinajstić information content (AvgIpc) is 4.00. The Labute approximate surface area is 385 Å². The Morgan fingerprint density at radius 3 is 2.34 bits per heavy atom. The zero-order valence-corrected chi connectivity index (χ0v) is 40.3. The molecule has 0 amide bonds. The minimum Gasteiger partial charge on any atom is 0 e. The Hall–Kier alpha value is -5.70. The van der Waals surface area contributed by atoms with Gasteiger partial charge in [-0.05, 0) is 55.5 Å². The predicted octanol–water partition coefficient (Wildman–Crippen LogP) is 13.9. The fourth-order valence-corrected chi connectivity index (χ4v) is 12.2. The van der Waals surface area contributed by atoms with Gasteiger partial charge in [-0.15, -0.1) is 29.5 Å². The van der Waals surface area contributed by atoms with Crippen LogP contribution in [0, 0.1) is 19.1 Å². The molecular formula is C54H44GeIrN4OS-2. The first kappa shape index (κ1) is 39.2. The molecule has 0 aliphatic heterocycles. The van der Waals surface area contributed by atoms with E-state index in [-0.39, 0.29) is 26.0 Å². The van der Waals surface area contributed by atoms with E-state index in [1.807, 2.05) is 116 Å². The van der Waals surface area contributed by atoms with Crippen molar-refractivity contribution in [2.75, 3.05) is 0 Å². The van der Waals surface area contributed by atoms with Gasteiger partial charge in [-0.1, -0.05) is 41.3 Å². The van der Waals surface area contributed by atoms with E-state index in [1.165, 1.54) is 20.2 Å². The third-order valence-corrected chi connectivity index (χ3v) is 16.6. The second kappa shape index (κ2) is 17.2. The van der Waals surface area contributed by atoms with Gasteiger partial charge >= 0.3 is 157 Å². The number of pyridine rings is 2. The van der Waals surface area contributed by atoms with E-state index in [9.17, 15) is 0 Å². The van der Waals surface area contributed by atoms with Crippen molar-refractivity contribution in [3.63, 3.8) is 0 Å². The van der Waals surface area contributed by atoms with Crippen molar-refractivity contribution < 1.29 is 27.3 Å². The SMILES string of the molecule is Cc1ccc2c(n1)oc1c(-c3nc4ccccc4n3-c3ccc4sc5ccccc5c4c3)[c-]ccc12.[2H]C([2H])(c1cc(-c2[c-]cccc2)nc[c]1[Ge]([CH3])([CH3])[CH3])C(C)c1ccccc1.[Ir]. The minimum absolute atomic E-state index is 0. The number of thiophene rings is 1. The third kappa shape index (κ3) is 7.95. The summed E-state index contributed by atoms with van der Waals surface area (Å²) < 4.78 is 30.3. The molecule has 0 aliphatic carbocycles. The van der Waals surface area contributed by atoms with E-state index < -0.39 is 19.6 Å². The largest absolute Gasteiger partial charge is 0 e. The summed E-state index contributed by atoms with van der Waals surface area (Å²) in [7, 11) is 0. The number of para-hydroxylation sites is 2. The van der Waals surface area contributed by atoms with Crippen LogP contribution in [0.1, 0.15) is 32.4 Å². The Morgan fingerprint density at radius 1 is 0.742 bits per heavy atom. The quantitative estimate of drug-likeness (QED) is 0.118. The zero-order valence-electron chi connectivity index (χ0n) is 37.0. The molecule has 5 heterocycles. The summed E-state index contributed by atoms with van der Waals surface area (Å²) in [4.78, 5) is 14.4. The van der Waals surface area contributed by atoms with Crippen molar-refractivity contribution in [3.8, 4) is 28.3 Å². The van der Waals surface area contributed by atoms with Gasteiger partial charge in [-0.25, -0.2) is 4.98 Å². The molecule has 0 saturated heterocycles. The van der Waals surface area contributed by atoms with Crippen molar-refractivity contribution in [1.82, 2.24) is 19.5 Å². The van der Waals surface area contributed by atoms with Crippen LogP contribution in [0.2, 0.25) is 17.3 Å². The molecule has 0 fully saturated rings. The van der Waals surface area contributed by atoms with E-state index in [4.69, 9.17) is 12.1 Å². The molecule has 11 aromatic rings. The summed E-state index contributed by atoms with van der Waals surface area (Å²) in [6.45, 7) is 3.95. The molecule has 5 aromatic heterocycles. The number of aryl methyl sites for hydroxylation is 1. The number of rotatable bonds is 7. The fourth-order valence-electron chi connectivity index (χ4n) is 8.12. The van der Waals surface area contributed by atoms with Gasteiger partial charge in [-0.2, -0.15) is 0 Å². The molecule has 0 saturated carbocycles. The summed E-state index contributed by atoms with van der Waals surface area (Å²) in [6.07, 6.45) is 0.433. The Morgan fingerprint density at radius 2 is 1.52 bits per heavy atom. The number of hydrogen-bond donors (Lipinski definition) is 0. The maximum Gasteiger partial charge on any atom is 0 e. The van der Waals surface area contributed by atoms with Crippen molar-refractivity contribution in [3.05, 3.63) is 187 Å². The van der Waals surface area contributed by atoms with Crippen LogP contribution in [-0.2, 0) is 26.5 Å². The molecule has 307 valence electrons. The number of nitrogens with zero attached hydrogens (tertiary/aromatic N) is 4. The molecule has 62 heavy (non-hydrogen) atoms. The van der Waals surface area contributed by atoms with Gasteiger partial charge in [0.25, 0.3) is 0 Å². The number of hydrogen-bond acceptors (Lipinski definition) is 5. The summed E-state index contributed by atoms with van der Waals surface area (Å²) in [5.74, 6) is 7.42. The van der Waals surface area contributed by atoms with E-state index in [0.717, 1.165) is 76.9 Å². The van der Waals surface area contributed by atoms with Crippen molar-refractivity contribution in [1.29, 1.82) is 0 Å². The molecule has 1 unspecified atom stereocenters. The number of benzene rings is 6. The van der Waals surface area contributed by atoms with Crippen LogP contribution in [0.3, 0.4) is 0 Å². The minimum atomic E-state index is -2.32. The zero-order chi connectivity index (χ0) is 43.5. The second-order valence-electron chi connectivity index (χ2n) is 16.5. The monoisotopic (exact) mass is 1070 g/mol. The smallest absolute Gasteiger partial charge is 0 e. The molecule has 0 N–H and O–H groups in total. The summed E-state index contributed by atoms with van der Waals surface area (Å²) in [5.41, 5.74) is 9.66. The van der Waals surface area contributed by atoms with Gasteiger partial charge in [-0.3, -0.25) is 4.98 Å². The topological polar surface area (TPSA) is 56.7 Å². The maximum absolute atomic E-state index is 9.05. The number of imidazole rings is 1. The molecular weight excluding hydrogens is 1020 g/mol. The fraction of sp³-hybridized carbons (Fsp3) is 0.130. The van der Waals surface area contributed by atoms with Crippen LogP contribution in [0.4, 0.5) is 0 Å². The van der Waals surface area contributed by atoms with Crippen LogP contribution in [-0.4, -0.2) is 32.8 Å². The van der Waals surface area contributed by atoms with E-state index in [0.29, 0.717) is 5.71 Å². The number of furan rings is 1. The van der Waals surface area contributed by atoms with E-state index in [1.54, 1.807) is 0 Å². The number of fused-ring (bicyclic) bond motifs is 7. The first-order valence-corrected chi connectivity index (χ1v) is 28.7. The Bertz CT molecular complexity index is 3470. The van der Waals surface area contributed by atoms with Crippen LogP contribution in [0.15, 0.2) is 162 Å². The first-order valence-electron chi connectivity index (χ1n) is 21.6. The molecule has 5 nitrogen and oxygen atoms in total. The molecule has 0 spiro atoms. The van der Waals surface area contributed by atoms with Gasteiger partial charge in [0.2, 0.25) is 5.71 Å². The Balaban J connectivity index is 0.000000167. The summed E-state index contributed by atoms with van der Waals surface area (Å²) in [6, 6.07) is 57.9. The maximum atomic E-state index is 9.05. The van der Waals surface area contributed by atoms with E-state index >= 15 is 0 Å². The van der Waals surface area contributed by atoms with Gasteiger partial charge in [0.1, 0.15) is 0 Å². The van der Waals surface area contributed by atoms with Crippen LogP contribution >= 0.6 is 11.3 Å². The van der Waals surface area contributed by atoms with Gasteiger partial charge in [0, 0.05) is 57.0 Å². The van der Waals surface area contributed by atoms with Crippen LogP contribution in [0.25, 0.3) is 81.6 Å². The van der Waals surface area contributed by atoms with Gasteiger partial charge in [0.05, 0.1) is 22.4 Å². The normalized spacial score (nSPS) is 12.9. The van der Waals surface area contributed by atoms with E-state index in [2.05, 4.69) is 111 Å². The molecule has 1 atom stereocenters. The van der Waals surface area contributed by atoms with Crippen molar-refractivity contribution in [2.24, 2.45) is 0 Å². The molecule has 8 heteroatoms. The van der Waals surface area contributed by atoms with Gasteiger partial charge in [0.15, 0.2) is 0 Å². The van der Waals surface area contributed by atoms with Gasteiger partial charge < -0.3 is 8.98 Å². The van der Waals surface area contributed by atoms with Crippen molar-refractivity contribution >= 4 is 82.3 Å². The van der Waals surface area contributed by atoms with Crippen molar-refractivity contribution in [2.45, 2.75) is 43.4 Å². The van der Waals surface area contributed by atoms with Crippen LogP contribution < -0.4 is 4.40 Å². The standard InChI is InChI=1S/C31H18N3OS.C23H26GeN.Ir/c1-18-13-15-22-21-8-6-9-23(29(21)35-31(22)32-18)30-33-25-10-3-4-11-26(25)34(30)19-14-16-28-24(17-19)20-7-2-5-12-27(20)36-28;1-18(19-11-7-5-8-12-19)15-21-16-23(20-13-9-6-10-14-20)25-17-22(21)24(2,3)4;/h2-8,10-17H,1H3;5-13,16-18H,15H2,1-4H3;/q2*-1;/i;15D2;. The second-order valence-corrected chi connectivity index (χ2v) is 28.1. The predicted molar refractivity (Wildman–Crippen MR) is 258 cm³/mol. The summed E-state index contributed by atoms with van der Waals surface area (Å²) in [5, 5.41) is 4.55. The number of aromatic nitrogens is 4. The summed E-state index contributed by atoms with van der Waals surface area (Å²) >= 11 is -0.496. The molecule has 6 aromatic carbocycles. The molecule has 0 aliphatic rings. The molecule has 0 bridgehead atoms. The first-order chi connectivity index (χ1) is 30.5. The molecule has 11 rings (SSSR count). The molecule has 1 radical (unpaired) electrons. The van der Waals surface area contributed by atoms with Crippen LogP contribution in [0.5, 0.6) is 0 Å². The average molecular weight is 1060 g/mol.